The molecule has 35 heavy (non-hydrogen) atoms. The molecule has 1 aliphatic heterocycles. The summed E-state index contributed by atoms with van der Waals surface area (Å²) in [5.41, 5.74) is 0.737. The van der Waals surface area contributed by atoms with Gasteiger partial charge in [0.25, 0.3) is 5.91 Å². The van der Waals surface area contributed by atoms with Gasteiger partial charge in [-0.3, -0.25) is 9.59 Å². The summed E-state index contributed by atoms with van der Waals surface area (Å²) in [4.78, 5) is 26.6. The number of carbonyl (C=O) groups excluding carboxylic acids is 2. The average Bonchev–Trinajstić information content (AvgIpc) is 3.09. The highest BCUT2D eigenvalue weighted by molar-refractivity contribution is 6.08. The molecule has 0 radical (unpaired) electrons. The number of hydrogen-bond acceptors (Lipinski definition) is 5. The van der Waals surface area contributed by atoms with Crippen LogP contribution in [0.15, 0.2) is 29.5 Å². The molecule has 0 saturated carbocycles. The number of nitrogens with zero attached hydrogens (tertiary/aromatic N) is 1. The maximum atomic E-state index is 12.8. The van der Waals surface area contributed by atoms with E-state index in [-0.39, 0.29) is 22.9 Å². The molecule has 6 nitrogen and oxygen atoms in total. The molecule has 1 atom stereocenters. The predicted octanol–water partition coefficient (Wildman–Crippen LogP) is 7.17. The molecule has 1 amide bonds. The van der Waals surface area contributed by atoms with Crippen LogP contribution in [0.25, 0.3) is 0 Å². The number of benzene rings is 1. The zero-order valence-corrected chi connectivity index (χ0v) is 22.0. The number of unbranched alkanes of at least 4 members (excludes halogenated alkanes) is 13. The third kappa shape index (κ3) is 8.59. The van der Waals surface area contributed by atoms with Crippen LogP contribution in [0, 0.1) is 0 Å². The van der Waals surface area contributed by atoms with Crippen LogP contribution in [0.1, 0.15) is 115 Å². The number of ether oxygens (including phenoxy) is 1. The van der Waals surface area contributed by atoms with Crippen LogP contribution < -0.4 is 4.74 Å². The van der Waals surface area contributed by atoms with Crippen LogP contribution in [0.3, 0.4) is 0 Å². The molecule has 0 aromatic heterocycles. The normalized spacial score (nSPS) is 15.8. The predicted molar refractivity (Wildman–Crippen MR) is 140 cm³/mol. The number of rotatable bonds is 18. The second-order valence-electron chi connectivity index (χ2n) is 9.75. The second kappa shape index (κ2) is 15.5. The molecule has 0 bridgehead atoms. The summed E-state index contributed by atoms with van der Waals surface area (Å²) >= 11 is 0. The van der Waals surface area contributed by atoms with Crippen LogP contribution in [-0.4, -0.2) is 40.5 Å². The fourth-order valence-electron chi connectivity index (χ4n) is 4.93. The third-order valence-electron chi connectivity index (χ3n) is 6.96. The summed E-state index contributed by atoms with van der Waals surface area (Å²) in [6.07, 6.45) is 17.6. The van der Waals surface area contributed by atoms with Gasteiger partial charge in [0.2, 0.25) is 0 Å². The van der Waals surface area contributed by atoms with Crippen molar-refractivity contribution in [3.8, 4) is 11.5 Å². The van der Waals surface area contributed by atoms with Crippen molar-refractivity contribution in [1.82, 2.24) is 4.90 Å². The van der Waals surface area contributed by atoms with Gasteiger partial charge in [0, 0.05) is 6.54 Å². The Hall–Kier alpha value is -2.50. The largest absolute Gasteiger partial charge is 0.504 e. The molecular formula is C29H45NO5. The Morgan fingerprint density at radius 2 is 1.40 bits per heavy atom. The first kappa shape index (κ1) is 28.7. The van der Waals surface area contributed by atoms with E-state index < -0.39 is 17.7 Å². The fourth-order valence-corrected chi connectivity index (χ4v) is 4.93. The van der Waals surface area contributed by atoms with Crippen LogP contribution >= 0.6 is 0 Å². The average molecular weight is 488 g/mol. The number of Topliss-reactive ketones (excluding diaryl/α,β-unsaturated/α-hetero) is 1. The van der Waals surface area contributed by atoms with Gasteiger partial charge in [-0.15, -0.1) is 0 Å². The van der Waals surface area contributed by atoms with Gasteiger partial charge in [-0.05, 0) is 31.0 Å². The second-order valence-corrected chi connectivity index (χ2v) is 9.75. The molecular weight excluding hydrogens is 442 g/mol. The van der Waals surface area contributed by atoms with Crippen molar-refractivity contribution in [1.29, 1.82) is 0 Å². The maximum absolute atomic E-state index is 12.8. The molecule has 2 N–H and O–H groups in total. The Morgan fingerprint density at radius 1 is 0.886 bits per heavy atom. The van der Waals surface area contributed by atoms with Gasteiger partial charge in [0.05, 0.1) is 18.7 Å². The summed E-state index contributed by atoms with van der Waals surface area (Å²) in [5, 5.41) is 20.3. The van der Waals surface area contributed by atoms with Gasteiger partial charge >= 0.3 is 0 Å². The van der Waals surface area contributed by atoms with Gasteiger partial charge < -0.3 is 19.8 Å². The minimum absolute atomic E-state index is 0.0170. The standard InChI is InChI=1S/C29H45NO5/c1-4-5-6-7-8-9-10-11-12-13-14-15-16-17-20-30-27(26(22(2)31)28(33)29(30)34)23-18-19-24(32)25(21-23)35-3/h18-19,21,27,32-33H,4-17,20H2,1-3H3/t27-/m1/s1. The van der Waals surface area contributed by atoms with Gasteiger partial charge in [0.15, 0.2) is 23.0 Å². The molecule has 1 aliphatic rings. The van der Waals surface area contributed by atoms with E-state index in [1.807, 2.05) is 0 Å². The number of aromatic hydroxyl groups is 1. The summed E-state index contributed by atoms with van der Waals surface area (Å²) in [5.74, 6) is -1.07. The first-order valence-corrected chi connectivity index (χ1v) is 13.5. The van der Waals surface area contributed by atoms with Crippen molar-refractivity contribution >= 4 is 11.7 Å². The fraction of sp³-hybridized carbons (Fsp3) is 0.655. The topological polar surface area (TPSA) is 87.1 Å². The SMILES string of the molecule is CCCCCCCCCCCCCCCCN1C(=O)C(O)=C(C(C)=O)[C@H]1c1ccc(O)c(OC)c1. The minimum Gasteiger partial charge on any atom is -0.504 e. The lowest BCUT2D eigenvalue weighted by atomic mass is 9.96. The molecule has 0 saturated heterocycles. The number of phenolic OH excluding ortho intramolecular Hbond substituents is 1. The quantitative estimate of drug-likeness (QED) is 0.214. The van der Waals surface area contributed by atoms with E-state index in [2.05, 4.69) is 6.92 Å². The lowest BCUT2D eigenvalue weighted by Gasteiger charge is -2.27. The van der Waals surface area contributed by atoms with E-state index in [4.69, 9.17) is 4.74 Å². The highest BCUT2D eigenvalue weighted by Crippen LogP contribution is 2.40. The number of aliphatic hydroxyl groups excluding tert-OH is 1. The van der Waals surface area contributed by atoms with E-state index in [1.54, 1.807) is 17.0 Å². The first-order valence-electron chi connectivity index (χ1n) is 13.5. The number of hydrogen-bond donors (Lipinski definition) is 2. The highest BCUT2D eigenvalue weighted by Gasteiger charge is 2.42. The van der Waals surface area contributed by atoms with Gasteiger partial charge in [-0.2, -0.15) is 0 Å². The molecule has 1 aromatic rings. The molecule has 1 heterocycles. The van der Waals surface area contributed by atoms with Crippen LogP contribution in [0.2, 0.25) is 0 Å². The summed E-state index contributed by atoms with van der Waals surface area (Å²) in [7, 11) is 1.45. The van der Waals surface area contributed by atoms with Crippen molar-refractivity contribution in [2.24, 2.45) is 0 Å². The highest BCUT2D eigenvalue weighted by atomic mass is 16.5. The van der Waals surface area contributed by atoms with Crippen molar-refractivity contribution < 1.29 is 24.5 Å². The molecule has 0 unspecified atom stereocenters. The molecule has 6 heteroatoms. The maximum Gasteiger partial charge on any atom is 0.290 e. The molecule has 0 fully saturated rings. The zero-order chi connectivity index (χ0) is 25.6. The minimum atomic E-state index is -0.670. The van der Waals surface area contributed by atoms with Crippen molar-refractivity contribution in [3.63, 3.8) is 0 Å². The van der Waals surface area contributed by atoms with Gasteiger partial charge in [0.1, 0.15) is 0 Å². The summed E-state index contributed by atoms with van der Waals surface area (Å²) in [6, 6.07) is 4.09. The lowest BCUT2D eigenvalue weighted by molar-refractivity contribution is -0.129. The first-order chi connectivity index (χ1) is 16.9. The van der Waals surface area contributed by atoms with E-state index in [1.165, 1.54) is 90.7 Å². The Labute approximate surface area is 211 Å². The lowest BCUT2D eigenvalue weighted by Crippen LogP contribution is -2.32. The van der Waals surface area contributed by atoms with Crippen molar-refractivity contribution in [2.45, 2.75) is 110 Å². The van der Waals surface area contributed by atoms with Crippen LogP contribution in [0.4, 0.5) is 0 Å². The van der Waals surface area contributed by atoms with Crippen LogP contribution in [-0.2, 0) is 9.59 Å². The van der Waals surface area contributed by atoms with E-state index in [0.717, 1.165) is 19.3 Å². The summed E-state index contributed by atoms with van der Waals surface area (Å²) < 4.78 is 5.20. The Kier molecular flexibility index (Phi) is 12.7. The smallest absolute Gasteiger partial charge is 0.290 e. The monoisotopic (exact) mass is 487 g/mol. The number of ketones is 1. The van der Waals surface area contributed by atoms with Gasteiger partial charge in [-0.25, -0.2) is 0 Å². The number of amides is 1. The molecule has 1 aromatic carbocycles. The van der Waals surface area contributed by atoms with Crippen molar-refractivity contribution in [3.05, 3.63) is 35.1 Å². The number of phenols is 1. The molecule has 196 valence electrons. The van der Waals surface area contributed by atoms with E-state index in [9.17, 15) is 19.8 Å². The number of aliphatic hydroxyl groups is 1. The Morgan fingerprint density at radius 3 is 1.89 bits per heavy atom. The molecule has 0 spiro atoms. The zero-order valence-electron chi connectivity index (χ0n) is 22.0. The van der Waals surface area contributed by atoms with Gasteiger partial charge in [-0.1, -0.05) is 96.5 Å². The number of methoxy groups -OCH3 is 1. The Bertz CT molecular complexity index is 847. The third-order valence-corrected chi connectivity index (χ3v) is 6.96. The Balaban J connectivity index is 1.76. The van der Waals surface area contributed by atoms with E-state index in [0.29, 0.717) is 12.1 Å². The number of carbonyl (C=O) groups is 2. The van der Waals surface area contributed by atoms with E-state index >= 15 is 0 Å². The van der Waals surface area contributed by atoms with Crippen LogP contribution in [0.5, 0.6) is 11.5 Å². The molecule has 0 aliphatic carbocycles. The molecule has 2 rings (SSSR count). The van der Waals surface area contributed by atoms with Crippen molar-refractivity contribution in [2.75, 3.05) is 13.7 Å². The summed E-state index contributed by atoms with van der Waals surface area (Å²) in [6.45, 7) is 4.08.